The number of nitrogens with zero attached hydrogens (tertiary/aromatic N) is 2. The lowest BCUT2D eigenvalue weighted by Gasteiger charge is -2.00. The van der Waals surface area contributed by atoms with Gasteiger partial charge in [-0.2, -0.15) is 12.6 Å². The van der Waals surface area contributed by atoms with Gasteiger partial charge in [0.25, 0.3) is 0 Å². The maximum atomic E-state index is 10.9. The Balaban J connectivity index is 0.00000121. The highest BCUT2D eigenvalue weighted by Gasteiger charge is 2.05. The molecule has 0 aromatic carbocycles. The monoisotopic (exact) mass is 186 g/mol. The maximum Gasteiger partial charge on any atom is 0.195 e. The van der Waals surface area contributed by atoms with Crippen LogP contribution in [0.25, 0.3) is 0 Å². The molecule has 0 spiro atoms. The fourth-order valence-electron chi connectivity index (χ4n) is 0.910. The van der Waals surface area contributed by atoms with Crippen LogP contribution in [0.15, 0.2) is 12.4 Å². The molecule has 1 rings (SSSR count). The van der Waals surface area contributed by atoms with Crippen molar-refractivity contribution >= 4 is 18.4 Å². The van der Waals surface area contributed by atoms with Gasteiger partial charge in [-0.05, 0) is 0 Å². The third kappa shape index (κ3) is 2.37. The molecule has 0 radical (unpaired) electrons. The van der Waals surface area contributed by atoms with Crippen molar-refractivity contribution in [3.63, 3.8) is 0 Å². The largest absolute Gasteiger partial charge is 0.328 e. The second-order valence-corrected chi connectivity index (χ2v) is 2.67. The highest BCUT2D eigenvalue weighted by molar-refractivity contribution is 7.80. The summed E-state index contributed by atoms with van der Waals surface area (Å²) in [4.78, 5) is 14.8. The molecule has 3 nitrogen and oxygen atoms in total. The Labute approximate surface area is 78.2 Å². The van der Waals surface area contributed by atoms with Crippen molar-refractivity contribution in [3.05, 3.63) is 18.2 Å². The Morgan fingerprint density at radius 1 is 1.75 bits per heavy atom. The normalized spacial score (nSPS) is 9.17. The zero-order valence-electron chi connectivity index (χ0n) is 6.32. The molecule has 0 amide bonds. The molecule has 1 aromatic rings. The molecule has 68 valence electrons. The molecule has 0 aliphatic carbocycles. The summed E-state index contributed by atoms with van der Waals surface area (Å²) in [6.07, 6.45) is 3.41. The summed E-state index contributed by atoms with van der Waals surface area (Å²) >= 11 is 4.06. The topological polar surface area (TPSA) is 34.9 Å². The minimum Gasteiger partial charge on any atom is -0.328 e. The number of imidazole rings is 1. The first-order valence-electron chi connectivity index (χ1n) is 3.38. The number of aryl methyl sites for hydroxylation is 1. The van der Waals surface area contributed by atoms with Crippen LogP contribution in [0, 0.1) is 0 Å². The molecule has 1 aromatic heterocycles. The average Bonchev–Trinajstić information content (AvgIpc) is 2.36. The van der Waals surface area contributed by atoms with Crippen LogP contribution in [-0.2, 0) is 6.54 Å². The van der Waals surface area contributed by atoms with Crippen LogP contribution < -0.4 is 0 Å². The van der Waals surface area contributed by atoms with E-state index in [1.807, 2.05) is 0 Å². The number of Topliss-reactive ketones (excluding diaryl/α,β-unsaturated/α-hetero) is 1. The van der Waals surface area contributed by atoms with Crippen molar-refractivity contribution in [2.24, 2.45) is 0 Å². The third-order valence-corrected chi connectivity index (χ3v) is 1.57. The van der Waals surface area contributed by atoms with E-state index in [-0.39, 0.29) is 13.2 Å². The highest BCUT2D eigenvalue weighted by atomic mass is 32.1. The van der Waals surface area contributed by atoms with E-state index in [1.54, 1.807) is 17.0 Å². The Hall–Kier alpha value is -0.770. The zero-order chi connectivity index (χ0) is 8.27. The van der Waals surface area contributed by atoms with Crippen LogP contribution in [-0.4, -0.2) is 21.1 Å². The first-order chi connectivity index (χ1) is 5.25. The molecule has 1 heterocycles. The fraction of sp³-hybridized carbons (Fsp3) is 0.500. The lowest BCUT2D eigenvalue weighted by atomic mass is 10.4. The summed E-state index contributed by atoms with van der Waals surface area (Å²) < 4.78 is 1.80. The molecule has 0 saturated carbocycles. The number of hydrogen-bond acceptors (Lipinski definition) is 3. The number of ketones is 1. The van der Waals surface area contributed by atoms with Gasteiger partial charge in [0.05, 0.1) is 0 Å². The minimum absolute atomic E-state index is 0. The van der Waals surface area contributed by atoms with E-state index in [9.17, 15) is 4.79 Å². The number of thiol groups is 1. The highest BCUT2D eigenvalue weighted by Crippen LogP contribution is 1.98. The van der Waals surface area contributed by atoms with Gasteiger partial charge in [-0.15, -0.1) is 0 Å². The Morgan fingerprint density at radius 3 is 2.92 bits per heavy atom. The molecule has 0 bridgehead atoms. The number of rotatable bonds is 3. The Bertz CT molecular complexity index is 257. The van der Waals surface area contributed by atoms with E-state index in [0.717, 1.165) is 12.3 Å². The molecule has 0 N–H and O–H groups in total. The summed E-state index contributed by atoms with van der Waals surface area (Å²) in [6, 6.07) is 0. The third-order valence-electron chi connectivity index (χ3n) is 1.37. The van der Waals surface area contributed by atoms with Gasteiger partial charge >= 0.3 is 0 Å². The molecule has 0 atom stereocenters. The van der Waals surface area contributed by atoms with Crippen LogP contribution in [0.3, 0.4) is 0 Å². The summed E-state index contributed by atoms with van der Waals surface area (Å²) in [5.74, 6) is 1.23. The number of hydrogen-bond donors (Lipinski definition) is 1. The molecular weight excluding hydrogens is 172 g/mol. The van der Waals surface area contributed by atoms with E-state index in [0.29, 0.717) is 5.82 Å². The van der Waals surface area contributed by atoms with E-state index in [1.165, 1.54) is 6.92 Å². The molecule has 0 aliphatic rings. The van der Waals surface area contributed by atoms with Crippen molar-refractivity contribution in [1.82, 2.24) is 9.55 Å². The lowest BCUT2D eigenvalue weighted by Crippen LogP contribution is -2.07. The van der Waals surface area contributed by atoms with Gasteiger partial charge in [-0.1, -0.05) is 7.43 Å². The van der Waals surface area contributed by atoms with E-state index >= 15 is 0 Å². The quantitative estimate of drug-likeness (QED) is 0.575. The molecule has 0 fully saturated rings. The predicted molar refractivity (Wildman–Crippen MR) is 52.8 cm³/mol. The fourth-order valence-corrected chi connectivity index (χ4v) is 1.13. The second kappa shape index (κ2) is 4.98. The van der Waals surface area contributed by atoms with Crippen molar-refractivity contribution in [3.8, 4) is 0 Å². The van der Waals surface area contributed by atoms with Gasteiger partial charge in [0.15, 0.2) is 11.6 Å². The average molecular weight is 186 g/mol. The Kier molecular flexibility index (Phi) is 4.66. The first-order valence-corrected chi connectivity index (χ1v) is 4.02. The minimum atomic E-state index is -0.00298. The number of carbonyl (C=O) groups excluding carboxylic acids is 1. The van der Waals surface area contributed by atoms with Gasteiger partial charge in [-0.25, -0.2) is 4.98 Å². The van der Waals surface area contributed by atoms with Crippen molar-refractivity contribution in [2.75, 3.05) is 5.75 Å². The summed E-state index contributed by atoms with van der Waals surface area (Å²) in [7, 11) is 0. The predicted octanol–water partition coefficient (Wildman–Crippen LogP) is 1.65. The van der Waals surface area contributed by atoms with Crippen LogP contribution >= 0.6 is 12.6 Å². The molecule has 12 heavy (non-hydrogen) atoms. The van der Waals surface area contributed by atoms with E-state index < -0.39 is 0 Å². The standard InChI is InChI=1S/C7H10N2OS.CH4/c1-6(10)7-8-2-3-9(7)4-5-11;/h2-3,11H,4-5H2,1H3;1H4. The summed E-state index contributed by atoms with van der Waals surface area (Å²) in [6.45, 7) is 2.25. The molecule has 0 aliphatic heterocycles. The van der Waals surface area contributed by atoms with Gasteiger partial charge < -0.3 is 4.57 Å². The summed E-state index contributed by atoms with van der Waals surface area (Å²) in [5, 5.41) is 0. The first kappa shape index (κ1) is 11.2. The van der Waals surface area contributed by atoms with E-state index in [2.05, 4.69) is 17.6 Å². The summed E-state index contributed by atoms with van der Waals surface area (Å²) in [5.41, 5.74) is 0. The van der Waals surface area contributed by atoms with Gasteiger partial charge in [0, 0.05) is 31.6 Å². The smallest absolute Gasteiger partial charge is 0.195 e. The van der Waals surface area contributed by atoms with Crippen LogP contribution in [0.2, 0.25) is 0 Å². The number of aromatic nitrogens is 2. The SMILES string of the molecule is C.CC(=O)c1nccn1CCS. The molecular formula is C8H14N2OS. The van der Waals surface area contributed by atoms with Crippen molar-refractivity contribution in [2.45, 2.75) is 20.9 Å². The van der Waals surface area contributed by atoms with Gasteiger partial charge in [0.1, 0.15) is 0 Å². The number of carbonyl (C=O) groups is 1. The van der Waals surface area contributed by atoms with Crippen molar-refractivity contribution in [1.29, 1.82) is 0 Å². The molecule has 0 saturated heterocycles. The Morgan fingerprint density at radius 2 is 2.42 bits per heavy atom. The van der Waals surface area contributed by atoms with Crippen LogP contribution in [0.5, 0.6) is 0 Å². The molecule has 4 heteroatoms. The van der Waals surface area contributed by atoms with E-state index in [4.69, 9.17) is 0 Å². The van der Waals surface area contributed by atoms with Gasteiger partial charge in [0.2, 0.25) is 0 Å². The van der Waals surface area contributed by atoms with Crippen LogP contribution in [0.1, 0.15) is 25.0 Å². The maximum absolute atomic E-state index is 10.9. The zero-order valence-corrected chi connectivity index (χ0v) is 7.21. The van der Waals surface area contributed by atoms with Crippen molar-refractivity contribution < 1.29 is 4.79 Å². The lowest BCUT2D eigenvalue weighted by molar-refractivity contribution is 0.0999. The van der Waals surface area contributed by atoms with Crippen LogP contribution in [0.4, 0.5) is 0 Å². The second-order valence-electron chi connectivity index (χ2n) is 2.22. The molecule has 0 unspecified atom stereocenters. The van der Waals surface area contributed by atoms with Gasteiger partial charge in [-0.3, -0.25) is 4.79 Å².